The minimum absolute atomic E-state index is 0.170. The minimum Gasteiger partial charge on any atom is -0.322 e. The predicted molar refractivity (Wildman–Crippen MR) is 73.1 cm³/mol. The van der Waals surface area contributed by atoms with Gasteiger partial charge in [0.1, 0.15) is 5.82 Å². The number of nitrogens with zero attached hydrogens (tertiary/aromatic N) is 2. The van der Waals surface area contributed by atoms with E-state index in [4.69, 9.17) is 0 Å². The standard InChI is InChI=1S/C15H15N3O/c1-10-4-2-3-5-13(10)18-15(19)12-8-16-14(17-9-12)11-6-7-11/h2-5,8-9,11H,6-7H2,1H3,(H,18,19). The molecule has 0 saturated heterocycles. The van der Waals surface area contributed by atoms with Crippen molar-refractivity contribution in [3.63, 3.8) is 0 Å². The zero-order chi connectivity index (χ0) is 13.2. The van der Waals surface area contributed by atoms with Crippen LogP contribution in [0.15, 0.2) is 36.7 Å². The first-order chi connectivity index (χ1) is 9.24. The van der Waals surface area contributed by atoms with Crippen molar-refractivity contribution in [3.8, 4) is 0 Å². The highest BCUT2D eigenvalue weighted by molar-refractivity contribution is 6.04. The molecule has 96 valence electrons. The van der Waals surface area contributed by atoms with Gasteiger partial charge in [-0.1, -0.05) is 18.2 Å². The number of hydrogen-bond acceptors (Lipinski definition) is 3. The second kappa shape index (κ2) is 4.80. The molecule has 1 aromatic carbocycles. The Balaban J connectivity index is 1.74. The van der Waals surface area contributed by atoms with E-state index in [-0.39, 0.29) is 5.91 Å². The van der Waals surface area contributed by atoms with Crippen LogP contribution in [-0.2, 0) is 0 Å². The number of amides is 1. The maximum absolute atomic E-state index is 12.1. The van der Waals surface area contributed by atoms with Gasteiger partial charge in [0.2, 0.25) is 0 Å². The molecule has 1 fully saturated rings. The van der Waals surface area contributed by atoms with E-state index in [2.05, 4.69) is 15.3 Å². The number of nitrogens with one attached hydrogen (secondary N) is 1. The Bertz CT molecular complexity index is 603. The van der Waals surface area contributed by atoms with Crippen LogP contribution in [0.3, 0.4) is 0 Å². The van der Waals surface area contributed by atoms with Gasteiger partial charge in [-0.3, -0.25) is 4.79 Å². The Labute approximate surface area is 111 Å². The number of aryl methyl sites for hydroxylation is 1. The Morgan fingerprint density at radius 3 is 2.53 bits per heavy atom. The third-order valence-electron chi connectivity index (χ3n) is 3.27. The van der Waals surface area contributed by atoms with Gasteiger partial charge in [0.15, 0.2) is 0 Å². The average molecular weight is 253 g/mol. The number of carbonyl (C=O) groups is 1. The molecule has 0 unspecified atom stereocenters. The van der Waals surface area contributed by atoms with Gasteiger partial charge >= 0.3 is 0 Å². The van der Waals surface area contributed by atoms with Crippen molar-refractivity contribution in [3.05, 3.63) is 53.6 Å². The fourth-order valence-corrected chi connectivity index (χ4v) is 1.92. The topological polar surface area (TPSA) is 54.9 Å². The summed E-state index contributed by atoms with van der Waals surface area (Å²) in [5.74, 6) is 1.19. The molecular formula is C15H15N3O. The maximum Gasteiger partial charge on any atom is 0.258 e. The van der Waals surface area contributed by atoms with Gasteiger partial charge in [0, 0.05) is 24.0 Å². The summed E-state index contributed by atoms with van der Waals surface area (Å²) in [5, 5.41) is 2.87. The molecule has 1 saturated carbocycles. The van der Waals surface area contributed by atoms with Gasteiger partial charge in [-0.25, -0.2) is 9.97 Å². The van der Waals surface area contributed by atoms with Gasteiger partial charge in [0.05, 0.1) is 5.56 Å². The molecule has 0 bridgehead atoms. The molecule has 0 aliphatic heterocycles. The molecule has 0 atom stereocenters. The molecular weight excluding hydrogens is 238 g/mol. The van der Waals surface area contributed by atoms with E-state index < -0.39 is 0 Å². The first-order valence-electron chi connectivity index (χ1n) is 6.43. The molecule has 1 aliphatic rings. The van der Waals surface area contributed by atoms with E-state index in [9.17, 15) is 4.79 Å². The zero-order valence-electron chi connectivity index (χ0n) is 10.8. The van der Waals surface area contributed by atoms with Crippen molar-refractivity contribution in [1.29, 1.82) is 0 Å². The van der Waals surface area contributed by atoms with E-state index in [0.717, 1.165) is 29.9 Å². The summed E-state index contributed by atoms with van der Waals surface area (Å²) < 4.78 is 0. The number of hydrogen-bond donors (Lipinski definition) is 1. The van der Waals surface area contributed by atoms with E-state index in [1.54, 1.807) is 12.4 Å². The average Bonchev–Trinajstić information content (AvgIpc) is 3.26. The summed E-state index contributed by atoms with van der Waals surface area (Å²) in [5.41, 5.74) is 2.35. The summed E-state index contributed by atoms with van der Waals surface area (Å²) in [6, 6.07) is 7.68. The molecule has 3 rings (SSSR count). The van der Waals surface area contributed by atoms with Crippen molar-refractivity contribution >= 4 is 11.6 Å². The SMILES string of the molecule is Cc1ccccc1NC(=O)c1cnc(C2CC2)nc1. The summed E-state index contributed by atoms with van der Waals surface area (Å²) in [7, 11) is 0. The van der Waals surface area contributed by atoms with Crippen LogP contribution >= 0.6 is 0 Å². The second-order valence-electron chi connectivity index (χ2n) is 4.87. The lowest BCUT2D eigenvalue weighted by molar-refractivity contribution is 0.102. The van der Waals surface area contributed by atoms with E-state index in [1.165, 1.54) is 0 Å². The minimum atomic E-state index is -0.170. The van der Waals surface area contributed by atoms with Crippen molar-refractivity contribution < 1.29 is 4.79 Å². The molecule has 2 aromatic rings. The number of rotatable bonds is 3. The maximum atomic E-state index is 12.1. The summed E-state index contributed by atoms with van der Waals surface area (Å²) in [4.78, 5) is 20.6. The molecule has 1 N–H and O–H groups in total. The Morgan fingerprint density at radius 1 is 1.21 bits per heavy atom. The lowest BCUT2D eigenvalue weighted by Crippen LogP contribution is -2.13. The van der Waals surface area contributed by atoms with Crippen molar-refractivity contribution in [2.24, 2.45) is 0 Å². The molecule has 1 aliphatic carbocycles. The molecule has 1 heterocycles. The Kier molecular flexibility index (Phi) is 2.99. The van der Waals surface area contributed by atoms with Gasteiger partial charge in [0.25, 0.3) is 5.91 Å². The first kappa shape index (κ1) is 11.8. The Hall–Kier alpha value is -2.23. The highest BCUT2D eigenvalue weighted by Gasteiger charge is 2.26. The van der Waals surface area contributed by atoms with Crippen molar-refractivity contribution in [2.45, 2.75) is 25.7 Å². The first-order valence-corrected chi connectivity index (χ1v) is 6.43. The lowest BCUT2D eigenvalue weighted by atomic mass is 10.2. The fourth-order valence-electron chi connectivity index (χ4n) is 1.92. The third kappa shape index (κ3) is 2.62. The van der Waals surface area contributed by atoms with Crippen LogP contribution in [0.2, 0.25) is 0 Å². The van der Waals surface area contributed by atoms with Gasteiger partial charge < -0.3 is 5.32 Å². The summed E-state index contributed by atoms with van der Waals surface area (Å²) >= 11 is 0. The second-order valence-corrected chi connectivity index (χ2v) is 4.87. The van der Waals surface area contributed by atoms with Crippen LogP contribution in [0, 0.1) is 6.92 Å². The smallest absolute Gasteiger partial charge is 0.258 e. The summed E-state index contributed by atoms with van der Waals surface area (Å²) in [6.07, 6.45) is 5.53. The number of carbonyl (C=O) groups excluding carboxylic acids is 1. The molecule has 1 aromatic heterocycles. The van der Waals surface area contributed by atoms with Crippen LogP contribution in [-0.4, -0.2) is 15.9 Å². The number of aromatic nitrogens is 2. The van der Waals surface area contributed by atoms with E-state index in [0.29, 0.717) is 11.5 Å². The van der Waals surface area contributed by atoms with Crippen LogP contribution in [0.5, 0.6) is 0 Å². The number of benzene rings is 1. The normalized spacial score (nSPS) is 14.2. The molecule has 4 heteroatoms. The molecule has 19 heavy (non-hydrogen) atoms. The van der Waals surface area contributed by atoms with Gasteiger partial charge in [-0.05, 0) is 31.4 Å². The van der Waals surface area contributed by atoms with Crippen molar-refractivity contribution in [1.82, 2.24) is 9.97 Å². The van der Waals surface area contributed by atoms with Crippen LogP contribution in [0.25, 0.3) is 0 Å². The molecule has 0 radical (unpaired) electrons. The van der Waals surface area contributed by atoms with Crippen LogP contribution in [0.1, 0.15) is 40.5 Å². The fraction of sp³-hybridized carbons (Fsp3) is 0.267. The lowest BCUT2D eigenvalue weighted by Gasteiger charge is -2.07. The van der Waals surface area contributed by atoms with Crippen molar-refractivity contribution in [2.75, 3.05) is 5.32 Å². The highest BCUT2D eigenvalue weighted by atomic mass is 16.1. The Morgan fingerprint density at radius 2 is 1.89 bits per heavy atom. The van der Waals surface area contributed by atoms with E-state index >= 15 is 0 Å². The van der Waals surface area contributed by atoms with Crippen LogP contribution < -0.4 is 5.32 Å². The van der Waals surface area contributed by atoms with E-state index in [1.807, 2.05) is 31.2 Å². The molecule has 1 amide bonds. The van der Waals surface area contributed by atoms with Crippen LogP contribution in [0.4, 0.5) is 5.69 Å². The molecule has 0 spiro atoms. The largest absolute Gasteiger partial charge is 0.322 e. The quantitative estimate of drug-likeness (QED) is 0.915. The zero-order valence-corrected chi connectivity index (χ0v) is 10.8. The third-order valence-corrected chi connectivity index (χ3v) is 3.27. The predicted octanol–water partition coefficient (Wildman–Crippen LogP) is 2.91. The monoisotopic (exact) mass is 253 g/mol. The molecule has 4 nitrogen and oxygen atoms in total. The number of para-hydroxylation sites is 1. The number of anilines is 1. The highest BCUT2D eigenvalue weighted by Crippen LogP contribution is 2.37. The van der Waals surface area contributed by atoms with Gasteiger partial charge in [-0.15, -0.1) is 0 Å². The van der Waals surface area contributed by atoms with Gasteiger partial charge in [-0.2, -0.15) is 0 Å². The summed E-state index contributed by atoms with van der Waals surface area (Å²) in [6.45, 7) is 1.96.